The summed E-state index contributed by atoms with van der Waals surface area (Å²) in [5, 5.41) is 0.561. The number of nitrogens with two attached hydrogens (primary N) is 1. The lowest BCUT2D eigenvalue weighted by Crippen LogP contribution is -1.92. The SMILES string of the molecule is COc1ccc(-c2ccc(CN)o2)cc1Cl. The molecule has 0 saturated heterocycles. The van der Waals surface area contributed by atoms with Gasteiger partial charge < -0.3 is 14.9 Å². The van der Waals surface area contributed by atoms with Crippen LogP contribution < -0.4 is 10.5 Å². The molecule has 0 saturated carbocycles. The largest absolute Gasteiger partial charge is 0.495 e. The first-order valence-corrected chi connectivity index (χ1v) is 5.25. The van der Waals surface area contributed by atoms with Crippen molar-refractivity contribution in [2.45, 2.75) is 6.54 Å². The molecule has 2 aromatic rings. The molecule has 0 aliphatic carbocycles. The molecule has 0 aliphatic heterocycles. The van der Waals surface area contributed by atoms with Crippen molar-refractivity contribution in [1.82, 2.24) is 0 Å². The van der Waals surface area contributed by atoms with E-state index in [-0.39, 0.29) is 0 Å². The van der Waals surface area contributed by atoms with Gasteiger partial charge in [-0.05, 0) is 30.3 Å². The minimum Gasteiger partial charge on any atom is -0.495 e. The Morgan fingerprint density at radius 3 is 2.69 bits per heavy atom. The van der Waals surface area contributed by atoms with Crippen LogP contribution in [0.25, 0.3) is 11.3 Å². The lowest BCUT2D eigenvalue weighted by Gasteiger charge is -2.04. The van der Waals surface area contributed by atoms with E-state index >= 15 is 0 Å². The Hall–Kier alpha value is -1.45. The minimum absolute atomic E-state index is 0.393. The molecule has 1 aromatic heterocycles. The second-order valence-electron chi connectivity index (χ2n) is 3.32. The van der Waals surface area contributed by atoms with E-state index in [2.05, 4.69) is 0 Å². The van der Waals surface area contributed by atoms with Crippen molar-refractivity contribution in [2.75, 3.05) is 7.11 Å². The molecule has 0 fully saturated rings. The Morgan fingerprint density at radius 2 is 2.12 bits per heavy atom. The minimum atomic E-state index is 0.393. The number of benzene rings is 1. The molecule has 2 N–H and O–H groups in total. The van der Waals surface area contributed by atoms with Crippen molar-refractivity contribution in [3.05, 3.63) is 41.1 Å². The van der Waals surface area contributed by atoms with Gasteiger partial charge in [-0.3, -0.25) is 0 Å². The third-order valence-corrected chi connectivity index (χ3v) is 2.59. The van der Waals surface area contributed by atoms with E-state index in [1.807, 2.05) is 24.3 Å². The summed E-state index contributed by atoms with van der Waals surface area (Å²) in [5.74, 6) is 2.16. The van der Waals surface area contributed by atoms with Gasteiger partial charge in [-0.15, -0.1) is 0 Å². The topological polar surface area (TPSA) is 48.4 Å². The molecule has 0 bridgehead atoms. The van der Waals surface area contributed by atoms with Gasteiger partial charge in [0.15, 0.2) is 0 Å². The number of ether oxygens (including phenoxy) is 1. The van der Waals surface area contributed by atoms with Crippen molar-refractivity contribution in [3.8, 4) is 17.1 Å². The van der Waals surface area contributed by atoms with Crippen LogP contribution in [0.1, 0.15) is 5.76 Å². The Labute approximate surface area is 98.8 Å². The van der Waals surface area contributed by atoms with Crippen LogP contribution >= 0.6 is 11.6 Å². The molecule has 1 aromatic carbocycles. The van der Waals surface area contributed by atoms with E-state index in [4.69, 9.17) is 26.5 Å². The predicted octanol–water partition coefficient (Wildman–Crippen LogP) is 3.07. The summed E-state index contributed by atoms with van der Waals surface area (Å²) in [6.45, 7) is 0.393. The molecule has 84 valence electrons. The van der Waals surface area contributed by atoms with Gasteiger partial charge in [0.05, 0.1) is 18.7 Å². The summed E-state index contributed by atoms with van der Waals surface area (Å²) < 4.78 is 10.6. The number of halogens is 1. The van der Waals surface area contributed by atoms with Gasteiger partial charge in [-0.1, -0.05) is 11.6 Å². The number of hydrogen-bond donors (Lipinski definition) is 1. The van der Waals surface area contributed by atoms with Gasteiger partial charge in [0, 0.05) is 5.56 Å². The summed E-state index contributed by atoms with van der Waals surface area (Å²) >= 11 is 6.03. The zero-order chi connectivity index (χ0) is 11.5. The number of hydrogen-bond acceptors (Lipinski definition) is 3. The Balaban J connectivity index is 2.37. The summed E-state index contributed by atoms with van der Waals surface area (Å²) in [7, 11) is 1.58. The molecular formula is C12H12ClNO2. The second-order valence-corrected chi connectivity index (χ2v) is 3.73. The Morgan fingerprint density at radius 1 is 1.31 bits per heavy atom. The average molecular weight is 238 g/mol. The van der Waals surface area contributed by atoms with Crippen LogP contribution in [0.3, 0.4) is 0 Å². The standard InChI is InChI=1S/C12H12ClNO2/c1-15-12-4-2-8(6-10(12)13)11-5-3-9(7-14)16-11/h2-6H,7,14H2,1H3. The van der Waals surface area contributed by atoms with E-state index in [0.29, 0.717) is 17.3 Å². The van der Waals surface area contributed by atoms with Crippen LogP contribution in [0.2, 0.25) is 5.02 Å². The number of rotatable bonds is 3. The van der Waals surface area contributed by atoms with E-state index < -0.39 is 0 Å². The molecular weight excluding hydrogens is 226 g/mol. The van der Waals surface area contributed by atoms with Gasteiger partial charge in [0.2, 0.25) is 0 Å². The number of furan rings is 1. The van der Waals surface area contributed by atoms with Crippen LogP contribution in [0.15, 0.2) is 34.7 Å². The van der Waals surface area contributed by atoms with Gasteiger partial charge in [0.25, 0.3) is 0 Å². The molecule has 2 rings (SSSR count). The van der Waals surface area contributed by atoms with Gasteiger partial charge in [-0.25, -0.2) is 0 Å². The highest BCUT2D eigenvalue weighted by Gasteiger charge is 2.07. The van der Waals surface area contributed by atoms with Crippen molar-refractivity contribution < 1.29 is 9.15 Å². The van der Waals surface area contributed by atoms with Gasteiger partial charge in [-0.2, -0.15) is 0 Å². The normalized spacial score (nSPS) is 10.4. The predicted molar refractivity (Wildman–Crippen MR) is 63.6 cm³/mol. The lowest BCUT2D eigenvalue weighted by atomic mass is 10.2. The van der Waals surface area contributed by atoms with Gasteiger partial charge >= 0.3 is 0 Å². The highest BCUT2D eigenvalue weighted by atomic mass is 35.5. The van der Waals surface area contributed by atoms with Crippen LogP contribution in [-0.4, -0.2) is 7.11 Å². The smallest absolute Gasteiger partial charge is 0.137 e. The lowest BCUT2D eigenvalue weighted by molar-refractivity contribution is 0.415. The third-order valence-electron chi connectivity index (χ3n) is 2.30. The monoisotopic (exact) mass is 237 g/mol. The second kappa shape index (κ2) is 4.60. The van der Waals surface area contributed by atoms with Crippen LogP contribution in [0.5, 0.6) is 5.75 Å². The van der Waals surface area contributed by atoms with Gasteiger partial charge in [0.1, 0.15) is 17.3 Å². The molecule has 0 amide bonds. The quantitative estimate of drug-likeness (QED) is 0.893. The zero-order valence-corrected chi connectivity index (χ0v) is 9.62. The molecule has 4 heteroatoms. The fraction of sp³-hybridized carbons (Fsp3) is 0.167. The Kier molecular flexibility index (Phi) is 3.17. The van der Waals surface area contributed by atoms with Crippen LogP contribution in [-0.2, 0) is 6.54 Å². The molecule has 0 spiro atoms. The summed E-state index contributed by atoms with van der Waals surface area (Å²) in [6.07, 6.45) is 0. The average Bonchev–Trinajstić information content (AvgIpc) is 2.77. The van der Waals surface area contributed by atoms with Crippen molar-refractivity contribution in [2.24, 2.45) is 5.73 Å². The zero-order valence-electron chi connectivity index (χ0n) is 8.87. The maximum Gasteiger partial charge on any atom is 0.137 e. The van der Waals surface area contributed by atoms with Crippen LogP contribution in [0, 0.1) is 0 Å². The molecule has 0 aliphatic rings. The fourth-order valence-electron chi connectivity index (χ4n) is 1.46. The first kappa shape index (κ1) is 11.0. The maximum atomic E-state index is 6.03. The Bertz CT molecular complexity index is 494. The first-order chi connectivity index (χ1) is 7.74. The van der Waals surface area contributed by atoms with E-state index in [1.54, 1.807) is 13.2 Å². The van der Waals surface area contributed by atoms with E-state index in [1.165, 1.54) is 0 Å². The molecule has 3 nitrogen and oxygen atoms in total. The summed E-state index contributed by atoms with van der Waals surface area (Å²) in [6, 6.07) is 9.24. The van der Waals surface area contributed by atoms with E-state index in [9.17, 15) is 0 Å². The molecule has 1 heterocycles. The fourth-order valence-corrected chi connectivity index (χ4v) is 1.72. The molecule has 0 unspecified atom stereocenters. The van der Waals surface area contributed by atoms with Crippen molar-refractivity contribution in [3.63, 3.8) is 0 Å². The van der Waals surface area contributed by atoms with Crippen molar-refractivity contribution in [1.29, 1.82) is 0 Å². The first-order valence-electron chi connectivity index (χ1n) is 4.87. The van der Waals surface area contributed by atoms with E-state index in [0.717, 1.165) is 17.1 Å². The molecule has 0 atom stereocenters. The summed E-state index contributed by atoms with van der Waals surface area (Å²) in [5.41, 5.74) is 6.38. The highest BCUT2D eigenvalue weighted by molar-refractivity contribution is 6.32. The third kappa shape index (κ3) is 2.05. The highest BCUT2D eigenvalue weighted by Crippen LogP contribution is 2.30. The molecule has 16 heavy (non-hydrogen) atoms. The number of methoxy groups -OCH3 is 1. The maximum absolute atomic E-state index is 6.03. The summed E-state index contributed by atoms with van der Waals surface area (Å²) in [4.78, 5) is 0. The molecule has 0 radical (unpaired) electrons. The van der Waals surface area contributed by atoms with Crippen molar-refractivity contribution >= 4 is 11.6 Å². The van der Waals surface area contributed by atoms with Crippen LogP contribution in [0.4, 0.5) is 0 Å².